The molecule has 0 spiro atoms. The molecule has 2 amide bonds. The van der Waals surface area contributed by atoms with Crippen LogP contribution in [-0.2, 0) is 6.54 Å². The molecule has 0 saturated carbocycles. The number of nitrogens with two attached hydrogens (primary N) is 2. The van der Waals surface area contributed by atoms with Gasteiger partial charge in [0.05, 0.1) is 24.2 Å². The van der Waals surface area contributed by atoms with Gasteiger partial charge in [-0.15, -0.1) is 0 Å². The van der Waals surface area contributed by atoms with Crippen LogP contribution in [-0.4, -0.2) is 43.9 Å². The Morgan fingerprint density at radius 1 is 1.16 bits per heavy atom. The van der Waals surface area contributed by atoms with Gasteiger partial charge in [0.1, 0.15) is 23.6 Å². The zero-order valence-electron chi connectivity index (χ0n) is 19.3. The molecule has 0 fully saturated rings. The molecule has 1 aliphatic rings. The van der Waals surface area contributed by atoms with Gasteiger partial charge < -0.3 is 16.8 Å². The first-order valence-corrected chi connectivity index (χ1v) is 10.7. The molecule has 1 heterocycles. The topological polar surface area (TPSA) is 114 Å². The molecular weight excluding hydrogens is 402 g/mol. The smallest absolute Gasteiger partial charge is 0.316 e. The summed E-state index contributed by atoms with van der Waals surface area (Å²) in [6, 6.07) is 8.14. The van der Waals surface area contributed by atoms with Crippen molar-refractivity contribution < 1.29 is 9.37 Å². The quantitative estimate of drug-likeness (QED) is 0.479. The van der Waals surface area contributed by atoms with Crippen molar-refractivity contribution in [3.63, 3.8) is 0 Å². The summed E-state index contributed by atoms with van der Waals surface area (Å²) in [7, 11) is 0. The lowest BCUT2D eigenvalue weighted by molar-refractivity contribution is -0.586. The van der Waals surface area contributed by atoms with E-state index in [0.717, 1.165) is 11.3 Å². The van der Waals surface area contributed by atoms with Crippen LogP contribution in [0.3, 0.4) is 0 Å². The van der Waals surface area contributed by atoms with Gasteiger partial charge in [-0.3, -0.25) is 0 Å². The van der Waals surface area contributed by atoms with E-state index in [4.69, 9.17) is 11.5 Å². The molecule has 0 unspecified atom stereocenters. The van der Waals surface area contributed by atoms with Crippen LogP contribution < -0.4 is 16.8 Å². The van der Waals surface area contributed by atoms with E-state index in [1.807, 2.05) is 25.2 Å². The summed E-state index contributed by atoms with van der Waals surface area (Å²) in [6.07, 6.45) is 7.35. The Labute approximate surface area is 189 Å². The SMILES string of the molecule is Cc1ccc(Cn2ncc(/N=C3/C=CC(=[N+](C(C)C)C(C)C)C=C3NC(N)=O)c2N)cc1. The minimum absolute atomic E-state index is 0.287. The number of nitrogens with one attached hydrogen (secondary N) is 1. The van der Waals surface area contributed by atoms with Crippen molar-refractivity contribution in [3.05, 3.63) is 65.5 Å². The number of rotatable bonds is 6. The van der Waals surface area contributed by atoms with E-state index in [2.05, 4.69) is 71.9 Å². The molecule has 168 valence electrons. The van der Waals surface area contributed by atoms with Gasteiger partial charge in [0.15, 0.2) is 0 Å². The fourth-order valence-electron chi connectivity index (χ4n) is 3.80. The van der Waals surface area contributed by atoms with Crippen LogP contribution in [0.4, 0.5) is 16.3 Å². The fraction of sp³-hybridized carbons (Fsp3) is 0.333. The number of hydrogen-bond donors (Lipinski definition) is 3. The summed E-state index contributed by atoms with van der Waals surface area (Å²) >= 11 is 0. The minimum atomic E-state index is -0.651. The largest absolute Gasteiger partial charge is 0.382 e. The molecule has 32 heavy (non-hydrogen) atoms. The highest BCUT2D eigenvalue weighted by atomic mass is 16.2. The molecule has 0 aliphatic heterocycles. The number of primary amides is 1. The van der Waals surface area contributed by atoms with Crippen LogP contribution in [0.25, 0.3) is 0 Å². The number of carbonyl (C=O) groups excluding carboxylic acids is 1. The van der Waals surface area contributed by atoms with Crippen molar-refractivity contribution in [1.29, 1.82) is 0 Å². The second kappa shape index (κ2) is 9.64. The first kappa shape index (κ1) is 23.0. The number of anilines is 1. The average molecular weight is 435 g/mol. The molecule has 0 saturated heterocycles. The first-order valence-electron chi connectivity index (χ1n) is 10.7. The number of carbonyl (C=O) groups is 1. The second-order valence-corrected chi connectivity index (χ2v) is 8.46. The van der Waals surface area contributed by atoms with Crippen LogP contribution >= 0.6 is 0 Å². The Balaban J connectivity index is 1.95. The Morgan fingerprint density at radius 3 is 2.41 bits per heavy atom. The van der Waals surface area contributed by atoms with Crippen molar-refractivity contribution in [2.24, 2.45) is 10.7 Å². The lowest BCUT2D eigenvalue weighted by Gasteiger charge is -2.17. The van der Waals surface area contributed by atoms with Gasteiger partial charge in [-0.25, -0.2) is 19.0 Å². The Kier molecular flexibility index (Phi) is 6.92. The Morgan fingerprint density at radius 2 is 1.81 bits per heavy atom. The van der Waals surface area contributed by atoms with Crippen molar-refractivity contribution in [2.75, 3.05) is 5.73 Å². The summed E-state index contributed by atoms with van der Waals surface area (Å²) in [5, 5.41) is 7.08. The second-order valence-electron chi connectivity index (χ2n) is 8.46. The monoisotopic (exact) mass is 434 g/mol. The van der Waals surface area contributed by atoms with Gasteiger partial charge in [-0.05, 0) is 46.3 Å². The molecule has 1 aliphatic carbocycles. The van der Waals surface area contributed by atoms with Crippen LogP contribution in [0.15, 0.2) is 59.4 Å². The fourth-order valence-corrected chi connectivity index (χ4v) is 3.80. The number of aromatic nitrogens is 2. The summed E-state index contributed by atoms with van der Waals surface area (Å²) in [6.45, 7) is 11.1. The average Bonchev–Trinajstić information content (AvgIpc) is 3.04. The third-order valence-electron chi connectivity index (χ3n) is 5.20. The number of urea groups is 1. The maximum atomic E-state index is 11.6. The molecule has 0 atom stereocenters. The number of nitrogens with zero attached hydrogens (tertiary/aromatic N) is 4. The van der Waals surface area contributed by atoms with E-state index in [9.17, 15) is 4.79 Å². The molecule has 8 heteroatoms. The van der Waals surface area contributed by atoms with Gasteiger partial charge >= 0.3 is 6.03 Å². The van der Waals surface area contributed by atoms with Crippen molar-refractivity contribution in [2.45, 2.75) is 53.2 Å². The number of nitrogen functional groups attached to an aromatic ring is 1. The van der Waals surface area contributed by atoms with E-state index < -0.39 is 6.03 Å². The standard InChI is InChI=1S/C24H31N7O/c1-15(2)31(16(3)4)19-10-11-20(21(12-19)29-24(26)32)28-22-13-27-30(23(22)25)14-18-8-6-17(5)7-9-18/h6-13,15-16H,14H2,1-5H3,(H4,25,26,27,29,32)/p+1. The third-order valence-corrected chi connectivity index (χ3v) is 5.20. The van der Waals surface area contributed by atoms with Crippen molar-refractivity contribution in [1.82, 2.24) is 15.1 Å². The number of amides is 2. The number of benzene rings is 1. The molecule has 0 bridgehead atoms. The normalized spacial score (nSPS) is 14.9. The zero-order chi connectivity index (χ0) is 23.4. The van der Waals surface area contributed by atoms with Crippen molar-refractivity contribution in [3.8, 4) is 0 Å². The Bertz CT molecular complexity index is 1110. The zero-order valence-corrected chi connectivity index (χ0v) is 19.3. The van der Waals surface area contributed by atoms with Crippen LogP contribution in [0.5, 0.6) is 0 Å². The highest BCUT2D eigenvalue weighted by molar-refractivity contribution is 6.21. The number of aryl methyl sites for hydroxylation is 1. The van der Waals surface area contributed by atoms with Crippen molar-refractivity contribution >= 4 is 29.0 Å². The van der Waals surface area contributed by atoms with Gasteiger partial charge in [0.25, 0.3) is 0 Å². The maximum absolute atomic E-state index is 11.6. The molecular formula is C24H32N7O+. The van der Waals surface area contributed by atoms with E-state index in [-0.39, 0.29) is 12.1 Å². The van der Waals surface area contributed by atoms with E-state index in [0.29, 0.717) is 29.5 Å². The molecule has 1 aromatic heterocycles. The van der Waals surface area contributed by atoms with Gasteiger partial charge in [-0.1, -0.05) is 29.8 Å². The van der Waals surface area contributed by atoms with Crippen LogP contribution in [0, 0.1) is 6.92 Å². The van der Waals surface area contributed by atoms with E-state index in [1.54, 1.807) is 10.9 Å². The Hall–Kier alpha value is -3.68. The molecule has 1 aromatic carbocycles. The van der Waals surface area contributed by atoms with Gasteiger partial charge in [0.2, 0.25) is 5.71 Å². The summed E-state index contributed by atoms with van der Waals surface area (Å²) < 4.78 is 3.96. The molecule has 5 N–H and O–H groups in total. The summed E-state index contributed by atoms with van der Waals surface area (Å²) in [5.74, 6) is 0.450. The summed E-state index contributed by atoms with van der Waals surface area (Å²) in [4.78, 5) is 16.3. The van der Waals surface area contributed by atoms with Gasteiger partial charge in [-0.2, -0.15) is 5.10 Å². The molecule has 3 rings (SSSR count). The van der Waals surface area contributed by atoms with Gasteiger partial charge in [0, 0.05) is 12.2 Å². The number of hydrogen-bond acceptors (Lipinski definition) is 4. The first-order chi connectivity index (χ1) is 15.2. The molecule has 0 radical (unpaired) electrons. The predicted octanol–water partition coefficient (Wildman–Crippen LogP) is 3.29. The lowest BCUT2D eigenvalue weighted by atomic mass is 10.1. The van der Waals surface area contributed by atoms with E-state index >= 15 is 0 Å². The van der Waals surface area contributed by atoms with E-state index in [1.165, 1.54) is 5.56 Å². The maximum Gasteiger partial charge on any atom is 0.316 e. The minimum Gasteiger partial charge on any atom is -0.382 e. The predicted molar refractivity (Wildman–Crippen MR) is 129 cm³/mol. The lowest BCUT2D eigenvalue weighted by Crippen LogP contribution is -2.36. The number of aliphatic imine (C=N–C) groups is 1. The summed E-state index contributed by atoms with van der Waals surface area (Å²) in [5.41, 5.74) is 16.6. The molecule has 2 aromatic rings. The van der Waals surface area contributed by atoms with Crippen LogP contribution in [0.2, 0.25) is 0 Å². The van der Waals surface area contributed by atoms with Crippen LogP contribution in [0.1, 0.15) is 38.8 Å². The third kappa shape index (κ3) is 5.32. The highest BCUT2D eigenvalue weighted by Crippen LogP contribution is 2.24. The highest BCUT2D eigenvalue weighted by Gasteiger charge is 2.23. The molecule has 8 nitrogen and oxygen atoms in total. The number of allylic oxidation sites excluding steroid dienone is 3.